The summed E-state index contributed by atoms with van der Waals surface area (Å²) < 4.78 is 0. The first-order valence-corrected chi connectivity index (χ1v) is 4.61. The van der Waals surface area contributed by atoms with Crippen molar-refractivity contribution in [2.45, 2.75) is 26.2 Å². The number of thioether (sulfide) groups is 1. The van der Waals surface area contributed by atoms with Gasteiger partial charge in [-0.25, -0.2) is 0 Å². The molecule has 0 aromatic heterocycles. The van der Waals surface area contributed by atoms with E-state index in [1.807, 2.05) is 11.8 Å². The predicted octanol–water partition coefficient (Wildman–Crippen LogP) is 2.74. The first-order chi connectivity index (χ1) is 3.91. The second-order valence-corrected chi connectivity index (χ2v) is 2.80. The summed E-state index contributed by atoms with van der Waals surface area (Å²) in [7, 11) is 0. The molecule has 0 aliphatic rings. The molecule has 0 aliphatic carbocycles. The summed E-state index contributed by atoms with van der Waals surface area (Å²) in [5.74, 6) is 1.22. The second-order valence-electron chi connectivity index (χ2n) is 1.89. The third kappa shape index (κ3) is 6.35. The summed E-state index contributed by atoms with van der Waals surface area (Å²) in [5.41, 5.74) is 0. The van der Waals surface area contributed by atoms with E-state index in [2.05, 4.69) is 19.6 Å². The van der Waals surface area contributed by atoms with Gasteiger partial charge in [0.2, 0.25) is 0 Å². The molecule has 0 nitrogen and oxygen atoms in total. The number of unbranched alkanes of at least 4 members (excludes halogenated alkanes) is 3. The van der Waals surface area contributed by atoms with Crippen molar-refractivity contribution in [1.82, 2.24) is 0 Å². The minimum Gasteiger partial charge on any atom is -0.165 e. The quantitative estimate of drug-likeness (QED) is 0.517. The molecule has 8 heavy (non-hydrogen) atoms. The predicted molar refractivity (Wildman–Crippen MR) is 42.2 cm³/mol. The molecule has 0 amide bonds. The average molecular weight is 131 g/mol. The number of hydrogen-bond donors (Lipinski definition) is 0. The monoisotopic (exact) mass is 131 g/mol. The van der Waals surface area contributed by atoms with Gasteiger partial charge < -0.3 is 0 Å². The van der Waals surface area contributed by atoms with Crippen LogP contribution in [0, 0.1) is 6.42 Å². The van der Waals surface area contributed by atoms with Crippen LogP contribution in [0.4, 0.5) is 0 Å². The molecule has 49 valence electrons. The third-order valence-corrected chi connectivity index (χ3v) is 1.62. The van der Waals surface area contributed by atoms with Crippen molar-refractivity contribution in [3.63, 3.8) is 0 Å². The lowest BCUT2D eigenvalue weighted by Gasteiger charge is -1.93. The van der Waals surface area contributed by atoms with Gasteiger partial charge in [0.15, 0.2) is 0 Å². The van der Waals surface area contributed by atoms with Crippen LogP contribution in [-0.4, -0.2) is 12.0 Å². The molecule has 0 N–H and O–H groups in total. The average Bonchev–Trinajstić information content (AvgIpc) is 1.81. The van der Waals surface area contributed by atoms with Crippen molar-refractivity contribution in [3.8, 4) is 0 Å². The van der Waals surface area contributed by atoms with Crippen LogP contribution in [0.3, 0.4) is 0 Å². The van der Waals surface area contributed by atoms with Crippen LogP contribution >= 0.6 is 11.8 Å². The Morgan fingerprint density at radius 2 is 2.25 bits per heavy atom. The van der Waals surface area contributed by atoms with E-state index in [4.69, 9.17) is 0 Å². The maximum atomic E-state index is 2.36. The molecule has 0 unspecified atom stereocenters. The first-order valence-electron chi connectivity index (χ1n) is 3.22. The molecule has 0 atom stereocenters. The maximum Gasteiger partial charge on any atom is -0.00390 e. The number of hydrogen-bond acceptors (Lipinski definition) is 1. The molecule has 1 heteroatoms. The molecular formula is C7H15S. The van der Waals surface area contributed by atoms with Crippen molar-refractivity contribution >= 4 is 11.8 Å². The summed E-state index contributed by atoms with van der Waals surface area (Å²) in [5, 5.41) is 0. The smallest absolute Gasteiger partial charge is 0.00390 e. The van der Waals surface area contributed by atoms with Crippen LogP contribution in [0.5, 0.6) is 0 Å². The highest BCUT2D eigenvalue weighted by atomic mass is 32.2. The van der Waals surface area contributed by atoms with Gasteiger partial charge in [0.1, 0.15) is 0 Å². The molecule has 0 aromatic carbocycles. The van der Waals surface area contributed by atoms with Gasteiger partial charge in [-0.3, -0.25) is 0 Å². The second kappa shape index (κ2) is 7.35. The minimum absolute atomic E-state index is 1.22. The Labute approximate surface area is 57.1 Å². The van der Waals surface area contributed by atoms with Crippen LogP contribution in [0.1, 0.15) is 26.2 Å². The summed E-state index contributed by atoms with van der Waals surface area (Å²) in [6.45, 7) is 2.23. The zero-order valence-corrected chi connectivity index (χ0v) is 6.63. The Morgan fingerprint density at radius 1 is 1.50 bits per heavy atom. The topological polar surface area (TPSA) is 0 Å². The van der Waals surface area contributed by atoms with Crippen molar-refractivity contribution in [2.24, 2.45) is 0 Å². The van der Waals surface area contributed by atoms with E-state index in [0.717, 1.165) is 0 Å². The molecule has 1 radical (unpaired) electrons. The fraction of sp³-hybridized carbons (Fsp3) is 0.857. The highest BCUT2D eigenvalue weighted by Gasteiger charge is 1.84. The highest BCUT2D eigenvalue weighted by molar-refractivity contribution is 7.98. The Balaban J connectivity index is 2.53. The maximum absolute atomic E-state index is 2.36. The van der Waals surface area contributed by atoms with E-state index in [-0.39, 0.29) is 0 Å². The molecule has 0 rings (SSSR count). The third-order valence-electron chi connectivity index (χ3n) is 1.05. The van der Waals surface area contributed by atoms with E-state index >= 15 is 0 Å². The molecule has 0 bridgehead atoms. The highest BCUT2D eigenvalue weighted by Crippen LogP contribution is 2.01. The zero-order chi connectivity index (χ0) is 6.24. The normalized spacial score (nSPS) is 9.75. The Hall–Kier alpha value is 0.350. The van der Waals surface area contributed by atoms with Crippen LogP contribution in [-0.2, 0) is 0 Å². The van der Waals surface area contributed by atoms with E-state index < -0.39 is 0 Å². The van der Waals surface area contributed by atoms with Gasteiger partial charge in [0.05, 0.1) is 0 Å². The summed E-state index contributed by atoms with van der Waals surface area (Å²) in [6, 6.07) is 0. The first kappa shape index (κ1) is 8.35. The fourth-order valence-corrected chi connectivity index (χ4v) is 0.952. The SMILES string of the molecule is CCCC[CH]CSC. The van der Waals surface area contributed by atoms with Gasteiger partial charge in [-0.2, -0.15) is 11.8 Å². The van der Waals surface area contributed by atoms with Crippen molar-refractivity contribution in [3.05, 3.63) is 6.42 Å². The molecular weight excluding hydrogens is 116 g/mol. The Bertz CT molecular complexity index is 29.4. The molecule has 0 aliphatic heterocycles. The number of rotatable bonds is 5. The van der Waals surface area contributed by atoms with Crippen LogP contribution in [0.2, 0.25) is 0 Å². The van der Waals surface area contributed by atoms with E-state index in [0.29, 0.717) is 0 Å². The van der Waals surface area contributed by atoms with Crippen LogP contribution in [0.25, 0.3) is 0 Å². The van der Waals surface area contributed by atoms with E-state index in [9.17, 15) is 0 Å². The van der Waals surface area contributed by atoms with Gasteiger partial charge in [-0.05, 0) is 24.9 Å². The van der Waals surface area contributed by atoms with Crippen LogP contribution < -0.4 is 0 Å². The largest absolute Gasteiger partial charge is 0.165 e. The van der Waals surface area contributed by atoms with E-state index in [1.165, 1.54) is 25.0 Å². The minimum atomic E-state index is 1.22. The van der Waals surface area contributed by atoms with Gasteiger partial charge in [-0.1, -0.05) is 19.8 Å². The van der Waals surface area contributed by atoms with Gasteiger partial charge in [-0.15, -0.1) is 0 Å². The Morgan fingerprint density at radius 3 is 2.75 bits per heavy atom. The standard InChI is InChI=1S/C7H15S/c1-3-4-5-6-7-8-2/h6H,3-5,7H2,1-2H3. The summed E-state index contributed by atoms with van der Waals surface area (Å²) in [6.07, 6.45) is 8.49. The fourth-order valence-electron chi connectivity index (χ4n) is 0.550. The zero-order valence-electron chi connectivity index (χ0n) is 5.81. The molecule has 0 fully saturated rings. The van der Waals surface area contributed by atoms with Crippen molar-refractivity contribution < 1.29 is 0 Å². The molecule has 0 aromatic rings. The Kier molecular flexibility index (Phi) is 7.67. The van der Waals surface area contributed by atoms with Crippen molar-refractivity contribution in [2.75, 3.05) is 12.0 Å². The van der Waals surface area contributed by atoms with Gasteiger partial charge >= 0.3 is 0 Å². The van der Waals surface area contributed by atoms with E-state index in [1.54, 1.807) is 0 Å². The lowest BCUT2D eigenvalue weighted by atomic mass is 10.2. The van der Waals surface area contributed by atoms with Gasteiger partial charge in [0.25, 0.3) is 0 Å². The van der Waals surface area contributed by atoms with Gasteiger partial charge in [0, 0.05) is 0 Å². The molecule has 0 heterocycles. The lowest BCUT2D eigenvalue weighted by molar-refractivity contribution is 0.786. The summed E-state index contributed by atoms with van der Waals surface area (Å²) >= 11 is 1.90. The molecule has 0 saturated heterocycles. The van der Waals surface area contributed by atoms with Crippen molar-refractivity contribution in [1.29, 1.82) is 0 Å². The molecule has 0 spiro atoms. The molecule has 0 saturated carbocycles. The summed E-state index contributed by atoms with van der Waals surface area (Å²) in [4.78, 5) is 0. The lowest BCUT2D eigenvalue weighted by Crippen LogP contribution is -1.79. The van der Waals surface area contributed by atoms with Crippen LogP contribution in [0.15, 0.2) is 0 Å².